The third kappa shape index (κ3) is 5.01. The third-order valence-electron chi connectivity index (χ3n) is 3.90. The Hall–Kier alpha value is -0.0400. The van der Waals surface area contributed by atoms with E-state index < -0.39 is 0 Å². The van der Waals surface area contributed by atoms with Crippen molar-refractivity contribution in [1.29, 1.82) is 0 Å². The number of hydrogen-bond donors (Lipinski definition) is 1. The van der Waals surface area contributed by atoms with Crippen LogP contribution >= 0.6 is 0 Å². The average molecular weight is 214 g/mol. The summed E-state index contributed by atoms with van der Waals surface area (Å²) >= 11 is 0. The lowest BCUT2D eigenvalue weighted by molar-refractivity contribution is 0.0445. The second-order valence-electron chi connectivity index (χ2n) is 6.38. The molecule has 0 saturated carbocycles. The third-order valence-corrected chi connectivity index (χ3v) is 3.90. The molecule has 0 spiro atoms. The molecule has 0 aliphatic carbocycles. The standard InChI is InChI=1S/C14H30O/c1-8-12(14(5,6)7)9-13(15)11(4)10(2)3/h10-13,15H,8-9H2,1-7H3. The maximum absolute atomic E-state index is 10.2. The van der Waals surface area contributed by atoms with Crippen molar-refractivity contribution >= 4 is 0 Å². The molecule has 0 bridgehead atoms. The van der Waals surface area contributed by atoms with Gasteiger partial charge in [0, 0.05) is 0 Å². The smallest absolute Gasteiger partial charge is 0.0571 e. The molecule has 0 radical (unpaired) electrons. The first-order valence-corrected chi connectivity index (χ1v) is 6.38. The van der Waals surface area contributed by atoms with Crippen LogP contribution in [-0.2, 0) is 0 Å². The molecular formula is C14H30O. The molecule has 0 aliphatic heterocycles. The zero-order chi connectivity index (χ0) is 12.2. The van der Waals surface area contributed by atoms with Gasteiger partial charge in [-0.3, -0.25) is 0 Å². The fourth-order valence-electron chi connectivity index (χ4n) is 2.08. The largest absolute Gasteiger partial charge is 0.393 e. The predicted octanol–water partition coefficient (Wildman–Crippen LogP) is 4.10. The highest BCUT2D eigenvalue weighted by molar-refractivity contribution is 4.78. The molecule has 0 aromatic heterocycles. The lowest BCUT2D eigenvalue weighted by Gasteiger charge is -2.34. The molecule has 1 N–H and O–H groups in total. The minimum Gasteiger partial charge on any atom is -0.393 e. The maximum Gasteiger partial charge on any atom is 0.0571 e. The second kappa shape index (κ2) is 5.89. The van der Waals surface area contributed by atoms with Crippen molar-refractivity contribution in [2.24, 2.45) is 23.2 Å². The molecule has 0 heterocycles. The summed E-state index contributed by atoms with van der Waals surface area (Å²) in [6.45, 7) is 15.6. The van der Waals surface area contributed by atoms with Gasteiger partial charge in [-0.2, -0.15) is 0 Å². The molecule has 0 aromatic rings. The summed E-state index contributed by atoms with van der Waals surface area (Å²) < 4.78 is 0. The van der Waals surface area contributed by atoms with Gasteiger partial charge in [0.15, 0.2) is 0 Å². The van der Waals surface area contributed by atoms with E-state index in [4.69, 9.17) is 0 Å². The van der Waals surface area contributed by atoms with Gasteiger partial charge in [-0.1, -0.05) is 54.9 Å². The Balaban J connectivity index is 4.31. The number of rotatable bonds is 5. The molecule has 0 rings (SSSR count). The SMILES string of the molecule is CCC(CC(O)C(C)C(C)C)C(C)(C)C. The van der Waals surface area contributed by atoms with E-state index in [1.807, 2.05) is 0 Å². The first-order valence-electron chi connectivity index (χ1n) is 6.38. The van der Waals surface area contributed by atoms with Crippen LogP contribution in [0.2, 0.25) is 0 Å². The Kier molecular flexibility index (Phi) is 5.87. The van der Waals surface area contributed by atoms with Crippen LogP contribution in [0.5, 0.6) is 0 Å². The molecule has 3 atom stereocenters. The van der Waals surface area contributed by atoms with Crippen LogP contribution in [0, 0.1) is 23.2 Å². The van der Waals surface area contributed by atoms with Crippen LogP contribution in [0.1, 0.15) is 61.3 Å². The van der Waals surface area contributed by atoms with E-state index in [9.17, 15) is 5.11 Å². The summed E-state index contributed by atoms with van der Waals surface area (Å²) in [4.78, 5) is 0. The van der Waals surface area contributed by atoms with Gasteiger partial charge in [0.25, 0.3) is 0 Å². The Morgan fingerprint density at radius 1 is 1.07 bits per heavy atom. The van der Waals surface area contributed by atoms with Crippen LogP contribution in [0.25, 0.3) is 0 Å². The van der Waals surface area contributed by atoms with Crippen molar-refractivity contribution in [3.63, 3.8) is 0 Å². The molecular weight excluding hydrogens is 184 g/mol. The molecule has 0 aliphatic rings. The summed E-state index contributed by atoms with van der Waals surface area (Å²) in [5.74, 6) is 1.59. The zero-order valence-electron chi connectivity index (χ0n) is 11.7. The quantitative estimate of drug-likeness (QED) is 0.730. The van der Waals surface area contributed by atoms with Gasteiger partial charge in [-0.05, 0) is 29.6 Å². The molecule has 92 valence electrons. The minimum absolute atomic E-state index is 0.144. The van der Waals surface area contributed by atoms with Gasteiger partial charge >= 0.3 is 0 Å². The highest BCUT2D eigenvalue weighted by Crippen LogP contribution is 2.34. The van der Waals surface area contributed by atoms with Crippen LogP contribution in [0.3, 0.4) is 0 Å². The summed E-state index contributed by atoms with van der Waals surface area (Å²) in [7, 11) is 0. The fourth-order valence-corrected chi connectivity index (χ4v) is 2.08. The normalized spacial score (nSPS) is 19.0. The van der Waals surface area contributed by atoms with E-state index >= 15 is 0 Å². The molecule has 0 saturated heterocycles. The van der Waals surface area contributed by atoms with Gasteiger partial charge in [0.2, 0.25) is 0 Å². The zero-order valence-corrected chi connectivity index (χ0v) is 11.7. The number of hydrogen-bond acceptors (Lipinski definition) is 1. The van der Waals surface area contributed by atoms with Crippen molar-refractivity contribution < 1.29 is 5.11 Å². The fraction of sp³-hybridized carbons (Fsp3) is 1.00. The summed E-state index contributed by atoms with van der Waals surface area (Å²) in [6, 6.07) is 0. The Morgan fingerprint density at radius 2 is 1.53 bits per heavy atom. The highest BCUT2D eigenvalue weighted by atomic mass is 16.3. The molecule has 3 unspecified atom stereocenters. The molecule has 0 aromatic carbocycles. The first kappa shape index (κ1) is 15.0. The van der Waals surface area contributed by atoms with Crippen LogP contribution in [-0.4, -0.2) is 11.2 Å². The monoisotopic (exact) mass is 214 g/mol. The van der Waals surface area contributed by atoms with E-state index in [1.54, 1.807) is 0 Å². The molecule has 15 heavy (non-hydrogen) atoms. The van der Waals surface area contributed by atoms with Crippen molar-refractivity contribution in [1.82, 2.24) is 0 Å². The Bertz CT molecular complexity index is 167. The number of aliphatic hydroxyl groups excluding tert-OH is 1. The summed E-state index contributed by atoms with van der Waals surface area (Å²) in [5.41, 5.74) is 0.312. The lowest BCUT2D eigenvalue weighted by atomic mass is 9.74. The van der Waals surface area contributed by atoms with Gasteiger partial charge in [0.05, 0.1) is 6.10 Å². The van der Waals surface area contributed by atoms with Crippen LogP contribution in [0.4, 0.5) is 0 Å². The maximum atomic E-state index is 10.2. The molecule has 1 nitrogen and oxygen atoms in total. The topological polar surface area (TPSA) is 20.2 Å². The van der Waals surface area contributed by atoms with Gasteiger partial charge in [-0.25, -0.2) is 0 Å². The number of aliphatic hydroxyl groups is 1. The van der Waals surface area contributed by atoms with E-state index in [0.29, 0.717) is 23.2 Å². The van der Waals surface area contributed by atoms with Gasteiger partial charge in [-0.15, -0.1) is 0 Å². The van der Waals surface area contributed by atoms with E-state index in [-0.39, 0.29) is 6.10 Å². The van der Waals surface area contributed by atoms with E-state index in [2.05, 4.69) is 48.5 Å². The highest BCUT2D eigenvalue weighted by Gasteiger charge is 2.28. The Morgan fingerprint density at radius 3 is 1.80 bits per heavy atom. The van der Waals surface area contributed by atoms with Crippen molar-refractivity contribution in [2.45, 2.75) is 67.4 Å². The predicted molar refractivity (Wildman–Crippen MR) is 67.9 cm³/mol. The van der Waals surface area contributed by atoms with E-state index in [0.717, 1.165) is 12.8 Å². The average Bonchev–Trinajstić information content (AvgIpc) is 2.10. The van der Waals surface area contributed by atoms with Crippen LogP contribution < -0.4 is 0 Å². The molecule has 1 heteroatoms. The lowest BCUT2D eigenvalue weighted by Crippen LogP contribution is -2.30. The van der Waals surface area contributed by atoms with E-state index in [1.165, 1.54) is 0 Å². The summed E-state index contributed by atoms with van der Waals surface area (Å²) in [5, 5.41) is 10.2. The van der Waals surface area contributed by atoms with Crippen molar-refractivity contribution in [3.05, 3.63) is 0 Å². The van der Waals surface area contributed by atoms with Gasteiger partial charge in [0.1, 0.15) is 0 Å². The second-order valence-corrected chi connectivity index (χ2v) is 6.38. The summed E-state index contributed by atoms with van der Waals surface area (Å²) in [6.07, 6.45) is 1.96. The van der Waals surface area contributed by atoms with Crippen molar-refractivity contribution in [2.75, 3.05) is 0 Å². The molecule has 0 amide bonds. The minimum atomic E-state index is -0.144. The van der Waals surface area contributed by atoms with Crippen molar-refractivity contribution in [3.8, 4) is 0 Å². The first-order chi connectivity index (χ1) is 6.70. The molecule has 0 fully saturated rings. The van der Waals surface area contributed by atoms with Gasteiger partial charge < -0.3 is 5.11 Å². The van der Waals surface area contributed by atoms with Crippen LogP contribution in [0.15, 0.2) is 0 Å². The Labute approximate surface area is 96.3 Å².